The minimum Gasteiger partial charge on any atom is -0.342 e. The van der Waals surface area contributed by atoms with E-state index in [1.165, 1.54) is 0 Å². The summed E-state index contributed by atoms with van der Waals surface area (Å²) in [5.41, 5.74) is 0.460. The third-order valence-electron chi connectivity index (χ3n) is 6.26. The highest BCUT2D eigenvalue weighted by molar-refractivity contribution is 6.08. The average Bonchev–Trinajstić information content (AvgIpc) is 2.78. The molecule has 8 nitrogen and oxygen atoms in total. The van der Waals surface area contributed by atoms with Crippen molar-refractivity contribution in [3.63, 3.8) is 0 Å². The first-order chi connectivity index (χ1) is 15.5. The van der Waals surface area contributed by atoms with Crippen LogP contribution in [0.3, 0.4) is 0 Å². The Kier molecular flexibility index (Phi) is 5.13. The first-order valence-electron chi connectivity index (χ1n) is 11.0. The van der Waals surface area contributed by atoms with Crippen LogP contribution in [-0.2, 0) is 9.59 Å². The molecular formula is C24H25N5O3. The molecule has 5 rings (SSSR count). The Balaban J connectivity index is 1.48. The zero-order chi connectivity index (χ0) is 22.2. The smallest absolute Gasteiger partial charge is 0.258 e. The molecule has 0 bridgehead atoms. The second-order valence-corrected chi connectivity index (χ2v) is 8.67. The Morgan fingerprint density at radius 1 is 1.16 bits per heavy atom. The van der Waals surface area contributed by atoms with Crippen LogP contribution >= 0.6 is 0 Å². The number of H-pyrrole nitrogens is 1. The van der Waals surface area contributed by atoms with E-state index in [1.54, 1.807) is 0 Å². The van der Waals surface area contributed by atoms with E-state index in [1.807, 2.05) is 47.4 Å². The fourth-order valence-electron chi connectivity index (χ4n) is 4.67. The lowest BCUT2D eigenvalue weighted by atomic mass is 9.92. The maximum absolute atomic E-state index is 13.2. The normalized spacial score (nSPS) is 20.5. The Hall–Kier alpha value is -3.68. The number of aromatic nitrogens is 2. The summed E-state index contributed by atoms with van der Waals surface area (Å²) in [5, 5.41) is 7.50. The molecule has 0 unspecified atom stereocenters. The maximum atomic E-state index is 13.2. The van der Waals surface area contributed by atoms with Crippen LogP contribution < -0.4 is 21.1 Å². The van der Waals surface area contributed by atoms with Gasteiger partial charge in [-0.25, -0.2) is 0 Å². The van der Waals surface area contributed by atoms with E-state index in [0.29, 0.717) is 17.6 Å². The summed E-state index contributed by atoms with van der Waals surface area (Å²) < 4.78 is 0. The first kappa shape index (κ1) is 20.2. The molecule has 0 saturated carbocycles. The van der Waals surface area contributed by atoms with Gasteiger partial charge >= 0.3 is 0 Å². The Labute approximate surface area is 185 Å². The number of nitrogens with one attached hydrogen (secondary N) is 3. The summed E-state index contributed by atoms with van der Waals surface area (Å²) in [4.78, 5) is 48.1. The van der Waals surface area contributed by atoms with Crippen LogP contribution in [0.5, 0.6) is 0 Å². The molecule has 0 radical (unpaired) electrons. The number of hydrogen-bond acceptors (Lipinski definition) is 5. The molecule has 1 fully saturated rings. The van der Waals surface area contributed by atoms with Gasteiger partial charge in [-0.15, -0.1) is 0 Å². The van der Waals surface area contributed by atoms with Gasteiger partial charge < -0.3 is 15.5 Å². The van der Waals surface area contributed by atoms with Crippen LogP contribution in [0.1, 0.15) is 37.7 Å². The molecule has 32 heavy (non-hydrogen) atoms. The van der Waals surface area contributed by atoms with Crippen LogP contribution in [-0.4, -0.2) is 34.9 Å². The van der Waals surface area contributed by atoms with Gasteiger partial charge in [0.25, 0.3) is 5.56 Å². The molecule has 3 N–H and O–H groups in total. The van der Waals surface area contributed by atoms with Crippen molar-refractivity contribution in [1.82, 2.24) is 9.97 Å². The first-order valence-corrected chi connectivity index (χ1v) is 11.0. The van der Waals surface area contributed by atoms with Crippen LogP contribution in [0.15, 0.2) is 47.3 Å². The molecule has 0 aliphatic carbocycles. The van der Waals surface area contributed by atoms with E-state index in [9.17, 15) is 14.4 Å². The molecule has 3 heterocycles. The summed E-state index contributed by atoms with van der Waals surface area (Å²) >= 11 is 0. The minimum atomic E-state index is -0.914. The lowest BCUT2D eigenvalue weighted by Gasteiger charge is -2.32. The van der Waals surface area contributed by atoms with Crippen molar-refractivity contribution in [3.05, 3.63) is 58.4 Å². The van der Waals surface area contributed by atoms with Gasteiger partial charge in [0.1, 0.15) is 5.82 Å². The topological polar surface area (TPSA) is 107 Å². The standard InChI is InChI=1S/C24H25N5O3/c1-14-6-5-11-29(13-14)24-27-21-20(23(32)28-24)17(12-19(30)26-21)22(31)25-18-10-4-8-15-7-2-3-9-16(15)18/h2-4,7-10,14,17H,5-6,11-13H2,1H3,(H,25,31)(H2,26,27,28,30,32)/t14-,17-/m0/s1. The summed E-state index contributed by atoms with van der Waals surface area (Å²) in [5.74, 6) is -0.523. The van der Waals surface area contributed by atoms with Gasteiger partial charge in [-0.1, -0.05) is 43.3 Å². The van der Waals surface area contributed by atoms with Crippen molar-refractivity contribution in [2.24, 2.45) is 5.92 Å². The van der Waals surface area contributed by atoms with Gasteiger partial charge in [0.2, 0.25) is 17.8 Å². The van der Waals surface area contributed by atoms with Gasteiger partial charge in [-0.2, -0.15) is 4.98 Å². The van der Waals surface area contributed by atoms with Crippen molar-refractivity contribution in [3.8, 4) is 0 Å². The third-order valence-corrected chi connectivity index (χ3v) is 6.26. The third kappa shape index (κ3) is 3.72. The van der Waals surface area contributed by atoms with Gasteiger partial charge in [0.05, 0.1) is 11.5 Å². The van der Waals surface area contributed by atoms with Crippen LogP contribution in [0, 0.1) is 5.92 Å². The fourth-order valence-corrected chi connectivity index (χ4v) is 4.67. The molecule has 8 heteroatoms. The van der Waals surface area contributed by atoms with E-state index < -0.39 is 11.8 Å². The fraction of sp³-hybridized carbons (Fsp3) is 0.333. The zero-order valence-electron chi connectivity index (χ0n) is 17.9. The number of anilines is 3. The Bertz CT molecular complexity index is 1260. The number of fused-ring (bicyclic) bond motifs is 2. The molecule has 1 aromatic heterocycles. The predicted octanol–water partition coefficient (Wildman–Crippen LogP) is 3.22. The van der Waals surface area contributed by atoms with E-state index in [2.05, 4.69) is 27.5 Å². The molecule has 2 aliphatic heterocycles. The second-order valence-electron chi connectivity index (χ2n) is 8.67. The van der Waals surface area contributed by atoms with Crippen molar-refractivity contribution in [1.29, 1.82) is 0 Å². The lowest BCUT2D eigenvalue weighted by Crippen LogP contribution is -2.40. The number of benzene rings is 2. The monoisotopic (exact) mass is 431 g/mol. The van der Waals surface area contributed by atoms with E-state index >= 15 is 0 Å². The average molecular weight is 431 g/mol. The number of hydrogen-bond donors (Lipinski definition) is 3. The van der Waals surface area contributed by atoms with Crippen molar-refractivity contribution in [2.75, 3.05) is 28.6 Å². The van der Waals surface area contributed by atoms with E-state index in [-0.39, 0.29) is 29.3 Å². The van der Waals surface area contributed by atoms with Crippen LogP contribution in [0.25, 0.3) is 10.8 Å². The van der Waals surface area contributed by atoms with Crippen molar-refractivity contribution < 1.29 is 9.59 Å². The molecule has 3 aromatic rings. The molecule has 1 saturated heterocycles. The Morgan fingerprint density at radius 3 is 2.81 bits per heavy atom. The molecular weight excluding hydrogens is 406 g/mol. The molecule has 0 spiro atoms. The van der Waals surface area contributed by atoms with E-state index in [0.717, 1.165) is 36.7 Å². The Morgan fingerprint density at radius 2 is 1.97 bits per heavy atom. The van der Waals surface area contributed by atoms with Crippen molar-refractivity contribution >= 4 is 40.0 Å². The van der Waals surface area contributed by atoms with Crippen LogP contribution in [0.4, 0.5) is 17.5 Å². The summed E-state index contributed by atoms with van der Waals surface area (Å²) in [7, 11) is 0. The number of carbonyl (C=O) groups excluding carboxylic acids is 2. The molecule has 2 amide bonds. The van der Waals surface area contributed by atoms with Crippen LogP contribution in [0.2, 0.25) is 0 Å². The van der Waals surface area contributed by atoms with Gasteiger partial charge in [0.15, 0.2) is 0 Å². The SMILES string of the molecule is C[C@H]1CCCN(c2nc3c(c(=O)[nH]2)[C@@H](C(=O)Nc2cccc4ccccc24)CC(=O)N3)C1. The van der Waals surface area contributed by atoms with E-state index in [4.69, 9.17) is 0 Å². The highest BCUT2D eigenvalue weighted by Gasteiger charge is 2.35. The highest BCUT2D eigenvalue weighted by Crippen LogP contribution is 2.32. The summed E-state index contributed by atoms with van der Waals surface area (Å²) in [6.07, 6.45) is 2.05. The largest absolute Gasteiger partial charge is 0.342 e. The summed E-state index contributed by atoms with van der Waals surface area (Å²) in [6, 6.07) is 13.4. The molecule has 2 aliphatic rings. The van der Waals surface area contributed by atoms with Crippen molar-refractivity contribution in [2.45, 2.75) is 32.1 Å². The lowest BCUT2D eigenvalue weighted by molar-refractivity contribution is -0.123. The second kappa shape index (κ2) is 8.11. The highest BCUT2D eigenvalue weighted by atomic mass is 16.2. The zero-order valence-corrected chi connectivity index (χ0v) is 17.9. The van der Waals surface area contributed by atoms with Gasteiger partial charge in [0, 0.05) is 30.6 Å². The maximum Gasteiger partial charge on any atom is 0.258 e. The minimum absolute atomic E-state index is 0.103. The number of aromatic amines is 1. The number of rotatable bonds is 3. The van der Waals surface area contributed by atoms with Gasteiger partial charge in [-0.3, -0.25) is 19.4 Å². The molecule has 2 aromatic carbocycles. The molecule has 2 atom stereocenters. The summed E-state index contributed by atoms with van der Waals surface area (Å²) in [6.45, 7) is 3.75. The quantitative estimate of drug-likeness (QED) is 0.590. The number of piperidine rings is 1. The predicted molar refractivity (Wildman–Crippen MR) is 124 cm³/mol. The van der Waals surface area contributed by atoms with Gasteiger partial charge in [-0.05, 0) is 30.2 Å². The molecule has 164 valence electrons. The number of amides is 2. The number of carbonyl (C=O) groups is 2. The number of nitrogens with zero attached hydrogens (tertiary/aromatic N) is 2.